The predicted molar refractivity (Wildman–Crippen MR) is 94.8 cm³/mol. The van der Waals surface area contributed by atoms with E-state index in [2.05, 4.69) is 53.3 Å². The first-order valence-corrected chi connectivity index (χ1v) is 9.00. The van der Waals surface area contributed by atoms with Crippen molar-refractivity contribution in [2.24, 2.45) is 0 Å². The number of urea groups is 1. The highest BCUT2D eigenvalue weighted by Gasteiger charge is 2.05. The molecule has 22 heavy (non-hydrogen) atoms. The van der Waals surface area contributed by atoms with E-state index in [1.807, 2.05) is 5.38 Å². The lowest BCUT2D eigenvalue weighted by molar-refractivity contribution is 0.240. The molecule has 0 aliphatic heterocycles. The molecule has 0 aliphatic rings. The average Bonchev–Trinajstić information content (AvgIpc) is 3.12. The molecule has 3 aromatic rings. The zero-order chi connectivity index (χ0) is 15.4. The van der Waals surface area contributed by atoms with Gasteiger partial charge in [0.25, 0.3) is 0 Å². The molecule has 5 heteroatoms. The van der Waals surface area contributed by atoms with Crippen molar-refractivity contribution in [1.29, 1.82) is 0 Å². The quantitative estimate of drug-likeness (QED) is 0.719. The number of carbonyl (C=O) groups is 1. The van der Waals surface area contributed by atoms with Crippen molar-refractivity contribution >= 4 is 38.8 Å². The molecule has 114 valence electrons. The SMILES string of the molecule is Cc1ccsc1CNC(=O)NCCc1csc2ccccc12. The van der Waals surface area contributed by atoms with Gasteiger partial charge in [-0.2, -0.15) is 0 Å². The van der Waals surface area contributed by atoms with Crippen molar-refractivity contribution in [2.75, 3.05) is 6.54 Å². The number of thiophene rings is 2. The molecule has 0 saturated heterocycles. The molecule has 3 nitrogen and oxygen atoms in total. The van der Waals surface area contributed by atoms with Crippen molar-refractivity contribution in [3.05, 3.63) is 57.1 Å². The van der Waals surface area contributed by atoms with E-state index in [1.165, 1.54) is 26.1 Å². The van der Waals surface area contributed by atoms with Gasteiger partial charge in [-0.05, 0) is 52.8 Å². The topological polar surface area (TPSA) is 41.1 Å². The first kappa shape index (κ1) is 15.1. The van der Waals surface area contributed by atoms with Crippen LogP contribution in [0.15, 0.2) is 41.1 Å². The summed E-state index contributed by atoms with van der Waals surface area (Å²) < 4.78 is 1.30. The Balaban J connectivity index is 1.46. The number of benzene rings is 1. The Morgan fingerprint density at radius 1 is 1.14 bits per heavy atom. The van der Waals surface area contributed by atoms with Gasteiger partial charge in [0, 0.05) is 16.1 Å². The van der Waals surface area contributed by atoms with Crippen LogP contribution in [0.5, 0.6) is 0 Å². The molecular weight excluding hydrogens is 312 g/mol. The number of aryl methyl sites for hydroxylation is 1. The third-order valence-electron chi connectivity index (χ3n) is 3.62. The summed E-state index contributed by atoms with van der Waals surface area (Å²) in [6.07, 6.45) is 0.857. The van der Waals surface area contributed by atoms with E-state index >= 15 is 0 Å². The Labute approximate surface area is 138 Å². The first-order valence-electron chi connectivity index (χ1n) is 7.24. The van der Waals surface area contributed by atoms with Crippen LogP contribution in [0.1, 0.15) is 16.0 Å². The smallest absolute Gasteiger partial charge is 0.315 e. The van der Waals surface area contributed by atoms with Crippen molar-refractivity contribution in [3.8, 4) is 0 Å². The summed E-state index contributed by atoms with van der Waals surface area (Å²) in [6.45, 7) is 3.31. The summed E-state index contributed by atoms with van der Waals surface area (Å²) in [5, 5.41) is 11.4. The minimum Gasteiger partial charge on any atom is -0.338 e. The van der Waals surface area contributed by atoms with Gasteiger partial charge in [0.15, 0.2) is 0 Å². The van der Waals surface area contributed by atoms with Crippen molar-refractivity contribution in [2.45, 2.75) is 19.9 Å². The summed E-state index contributed by atoms with van der Waals surface area (Å²) >= 11 is 3.43. The lowest BCUT2D eigenvalue weighted by Crippen LogP contribution is -2.36. The number of fused-ring (bicyclic) bond motifs is 1. The molecule has 1 aromatic carbocycles. The lowest BCUT2D eigenvalue weighted by Gasteiger charge is -2.07. The van der Waals surface area contributed by atoms with Gasteiger partial charge in [0.1, 0.15) is 0 Å². The molecular formula is C17H18N2OS2. The maximum atomic E-state index is 11.8. The Hall–Kier alpha value is -1.85. The standard InChI is InChI=1S/C17H18N2OS2/c1-12-7-9-21-16(12)10-19-17(20)18-8-6-13-11-22-15-5-3-2-4-14(13)15/h2-5,7,9,11H,6,8,10H2,1H3,(H2,18,19,20). The van der Waals surface area contributed by atoms with Gasteiger partial charge >= 0.3 is 6.03 Å². The molecule has 2 N–H and O–H groups in total. The van der Waals surface area contributed by atoms with Gasteiger partial charge in [0.2, 0.25) is 0 Å². The van der Waals surface area contributed by atoms with Gasteiger partial charge in [-0.15, -0.1) is 22.7 Å². The van der Waals surface area contributed by atoms with E-state index in [1.54, 1.807) is 22.7 Å². The molecule has 0 aliphatic carbocycles. The van der Waals surface area contributed by atoms with E-state index in [4.69, 9.17) is 0 Å². The molecule has 0 radical (unpaired) electrons. The minimum absolute atomic E-state index is 0.104. The Kier molecular flexibility index (Phi) is 4.75. The molecule has 0 spiro atoms. The van der Waals surface area contributed by atoms with E-state index in [-0.39, 0.29) is 6.03 Å². The predicted octanol–water partition coefficient (Wildman–Crippen LogP) is 4.31. The van der Waals surface area contributed by atoms with Crippen LogP contribution in [0.25, 0.3) is 10.1 Å². The number of rotatable bonds is 5. The summed E-state index contributed by atoms with van der Waals surface area (Å²) in [7, 11) is 0. The summed E-state index contributed by atoms with van der Waals surface area (Å²) in [4.78, 5) is 13.0. The van der Waals surface area contributed by atoms with Crippen molar-refractivity contribution in [1.82, 2.24) is 10.6 Å². The van der Waals surface area contributed by atoms with Crippen LogP contribution in [0.3, 0.4) is 0 Å². The number of hydrogen-bond acceptors (Lipinski definition) is 3. The Bertz CT molecular complexity index is 776. The van der Waals surface area contributed by atoms with Crippen LogP contribution in [0.4, 0.5) is 4.79 Å². The number of nitrogens with one attached hydrogen (secondary N) is 2. The maximum absolute atomic E-state index is 11.8. The van der Waals surface area contributed by atoms with Crippen LogP contribution in [-0.2, 0) is 13.0 Å². The molecule has 0 unspecified atom stereocenters. The monoisotopic (exact) mass is 330 g/mol. The number of hydrogen-bond donors (Lipinski definition) is 2. The second kappa shape index (κ2) is 6.94. The first-order chi connectivity index (χ1) is 10.7. The fraction of sp³-hybridized carbons (Fsp3) is 0.235. The highest BCUT2D eigenvalue weighted by Crippen LogP contribution is 2.25. The molecule has 0 fully saturated rings. The molecule has 2 heterocycles. The molecule has 2 aromatic heterocycles. The summed E-state index contributed by atoms with van der Waals surface area (Å²) in [5.41, 5.74) is 2.53. The van der Waals surface area contributed by atoms with E-state index in [9.17, 15) is 4.79 Å². The fourth-order valence-corrected chi connectivity index (χ4v) is 4.19. The van der Waals surface area contributed by atoms with Crippen LogP contribution in [0.2, 0.25) is 0 Å². The summed E-state index contributed by atoms with van der Waals surface area (Å²) in [5.74, 6) is 0. The third kappa shape index (κ3) is 3.48. The number of carbonyl (C=O) groups excluding carboxylic acids is 1. The summed E-state index contributed by atoms with van der Waals surface area (Å²) in [6, 6.07) is 10.4. The molecule has 0 bridgehead atoms. The second-order valence-corrected chi connectivity index (χ2v) is 7.06. The second-order valence-electron chi connectivity index (χ2n) is 5.14. The lowest BCUT2D eigenvalue weighted by atomic mass is 10.1. The van der Waals surface area contributed by atoms with E-state index < -0.39 is 0 Å². The van der Waals surface area contributed by atoms with Gasteiger partial charge < -0.3 is 10.6 Å². The fourth-order valence-electron chi connectivity index (χ4n) is 2.35. The zero-order valence-corrected chi connectivity index (χ0v) is 14.0. The van der Waals surface area contributed by atoms with Crippen molar-refractivity contribution < 1.29 is 4.79 Å². The molecule has 3 rings (SSSR count). The maximum Gasteiger partial charge on any atom is 0.315 e. The third-order valence-corrected chi connectivity index (χ3v) is 5.65. The van der Waals surface area contributed by atoms with Gasteiger partial charge in [0.05, 0.1) is 6.54 Å². The van der Waals surface area contributed by atoms with E-state index in [0.717, 1.165) is 6.42 Å². The van der Waals surface area contributed by atoms with E-state index in [0.29, 0.717) is 13.1 Å². The van der Waals surface area contributed by atoms with Crippen LogP contribution < -0.4 is 10.6 Å². The van der Waals surface area contributed by atoms with Gasteiger partial charge in [-0.25, -0.2) is 4.79 Å². The van der Waals surface area contributed by atoms with Gasteiger partial charge in [-0.3, -0.25) is 0 Å². The largest absolute Gasteiger partial charge is 0.338 e. The van der Waals surface area contributed by atoms with Crippen LogP contribution in [0, 0.1) is 6.92 Å². The average molecular weight is 330 g/mol. The highest BCUT2D eigenvalue weighted by atomic mass is 32.1. The highest BCUT2D eigenvalue weighted by molar-refractivity contribution is 7.17. The normalized spacial score (nSPS) is 10.8. The van der Waals surface area contributed by atoms with Crippen LogP contribution >= 0.6 is 22.7 Å². The Morgan fingerprint density at radius 3 is 2.82 bits per heavy atom. The van der Waals surface area contributed by atoms with Gasteiger partial charge in [-0.1, -0.05) is 18.2 Å². The Morgan fingerprint density at radius 2 is 2.00 bits per heavy atom. The molecule has 0 atom stereocenters. The van der Waals surface area contributed by atoms with Crippen LogP contribution in [-0.4, -0.2) is 12.6 Å². The molecule has 2 amide bonds. The minimum atomic E-state index is -0.104. The van der Waals surface area contributed by atoms with Crippen molar-refractivity contribution in [3.63, 3.8) is 0 Å². The zero-order valence-electron chi connectivity index (χ0n) is 12.4. The molecule has 0 saturated carbocycles. The number of amides is 2.